The highest BCUT2D eigenvalue weighted by atomic mass is 79.9. The van der Waals surface area contributed by atoms with Gasteiger partial charge in [0.15, 0.2) is 5.78 Å². The molecule has 0 saturated carbocycles. The molecule has 0 fully saturated rings. The normalized spacial score (nSPS) is 10.2. The third kappa shape index (κ3) is 2.22. The van der Waals surface area contributed by atoms with Gasteiger partial charge in [0.25, 0.3) is 0 Å². The molecule has 0 spiro atoms. The molecule has 0 amide bonds. The molecule has 5 heteroatoms. The average molecular weight is 286 g/mol. The van der Waals surface area contributed by atoms with Crippen LogP contribution in [0.1, 0.15) is 10.4 Å². The maximum absolute atomic E-state index is 12.9. The molecule has 70 valence electrons. The van der Waals surface area contributed by atoms with Gasteiger partial charge in [-0.15, -0.1) is 11.6 Å². The second-order valence-corrected chi connectivity index (χ2v) is 3.77. The monoisotopic (exact) mass is 284 g/mol. The van der Waals surface area contributed by atoms with Gasteiger partial charge in [0.1, 0.15) is 5.82 Å². The third-order valence-corrected chi connectivity index (χ3v) is 2.72. The average Bonchev–Trinajstić information content (AvgIpc) is 2.12. The van der Waals surface area contributed by atoms with E-state index < -0.39 is 11.6 Å². The van der Waals surface area contributed by atoms with Gasteiger partial charge in [0, 0.05) is 4.47 Å². The summed E-state index contributed by atoms with van der Waals surface area (Å²) in [5.41, 5.74) is 0.0941. The first-order chi connectivity index (χ1) is 6.07. The molecule has 1 aromatic carbocycles. The fraction of sp³-hybridized carbons (Fsp3) is 0.125. The quantitative estimate of drug-likeness (QED) is 0.460. The Morgan fingerprint density at radius 2 is 2.15 bits per heavy atom. The summed E-state index contributed by atoms with van der Waals surface area (Å²) in [6.45, 7) is 0. The van der Waals surface area contributed by atoms with Gasteiger partial charge in [0.2, 0.25) is 0 Å². The summed E-state index contributed by atoms with van der Waals surface area (Å²) in [4.78, 5) is 11.2. The molecule has 0 radical (unpaired) electrons. The number of hydrogen-bond donors (Lipinski definition) is 0. The van der Waals surface area contributed by atoms with Crippen molar-refractivity contribution in [1.29, 1.82) is 0 Å². The molecule has 13 heavy (non-hydrogen) atoms. The van der Waals surface area contributed by atoms with Gasteiger partial charge in [-0.25, -0.2) is 4.39 Å². The van der Waals surface area contributed by atoms with Crippen LogP contribution in [0.5, 0.6) is 0 Å². The maximum Gasteiger partial charge on any atom is 0.180 e. The van der Waals surface area contributed by atoms with Crippen molar-refractivity contribution in [3.05, 3.63) is 33.0 Å². The Hall–Kier alpha value is -0.120. The van der Waals surface area contributed by atoms with Gasteiger partial charge in [-0.1, -0.05) is 11.6 Å². The predicted molar refractivity (Wildman–Crippen MR) is 54.2 cm³/mol. The summed E-state index contributed by atoms with van der Waals surface area (Å²) < 4.78 is 13.4. The number of ketones is 1. The zero-order chi connectivity index (χ0) is 10.0. The number of rotatable bonds is 2. The van der Waals surface area contributed by atoms with Crippen LogP contribution >= 0.6 is 39.1 Å². The van der Waals surface area contributed by atoms with E-state index in [4.69, 9.17) is 23.2 Å². The molecule has 0 aliphatic heterocycles. The Labute approximate surface area is 93.0 Å². The summed E-state index contributed by atoms with van der Waals surface area (Å²) in [5, 5.41) is -0.194. The van der Waals surface area contributed by atoms with Crippen LogP contribution in [0.15, 0.2) is 16.6 Å². The summed E-state index contributed by atoms with van der Waals surface area (Å²) >= 11 is 14.0. The van der Waals surface area contributed by atoms with Crippen LogP contribution in [0, 0.1) is 5.82 Å². The van der Waals surface area contributed by atoms with Gasteiger partial charge in [0.05, 0.1) is 16.5 Å². The van der Waals surface area contributed by atoms with E-state index in [9.17, 15) is 9.18 Å². The second-order valence-electron chi connectivity index (χ2n) is 2.27. The summed E-state index contributed by atoms with van der Waals surface area (Å²) in [7, 11) is 0. The lowest BCUT2D eigenvalue weighted by Crippen LogP contribution is -2.03. The molecule has 0 unspecified atom stereocenters. The van der Waals surface area contributed by atoms with Crippen molar-refractivity contribution in [2.75, 3.05) is 5.88 Å². The molecule has 0 atom stereocenters. The van der Waals surface area contributed by atoms with E-state index in [0.717, 1.165) is 0 Å². The molecule has 0 heterocycles. The van der Waals surface area contributed by atoms with Crippen LogP contribution < -0.4 is 0 Å². The van der Waals surface area contributed by atoms with Gasteiger partial charge < -0.3 is 0 Å². The Bertz CT molecular complexity index is 354. The second kappa shape index (κ2) is 4.40. The molecule has 0 aromatic heterocycles. The lowest BCUT2D eigenvalue weighted by molar-refractivity contribution is 0.102. The lowest BCUT2D eigenvalue weighted by Gasteiger charge is -2.04. The van der Waals surface area contributed by atoms with E-state index in [-0.39, 0.29) is 16.5 Å². The third-order valence-electron chi connectivity index (χ3n) is 1.44. The van der Waals surface area contributed by atoms with Crippen molar-refractivity contribution < 1.29 is 9.18 Å². The molecular weight excluding hydrogens is 282 g/mol. The van der Waals surface area contributed by atoms with Crippen LogP contribution in [-0.4, -0.2) is 11.7 Å². The zero-order valence-electron chi connectivity index (χ0n) is 6.28. The van der Waals surface area contributed by atoms with Gasteiger partial charge >= 0.3 is 0 Å². The van der Waals surface area contributed by atoms with E-state index in [2.05, 4.69) is 15.9 Å². The molecule has 0 bridgehead atoms. The largest absolute Gasteiger partial charge is 0.293 e. The minimum absolute atomic E-state index is 0.0941. The van der Waals surface area contributed by atoms with E-state index in [1.54, 1.807) is 0 Å². The van der Waals surface area contributed by atoms with Crippen molar-refractivity contribution in [2.45, 2.75) is 0 Å². The number of hydrogen-bond acceptors (Lipinski definition) is 1. The van der Waals surface area contributed by atoms with Gasteiger partial charge in [-0.2, -0.15) is 0 Å². The first-order valence-corrected chi connectivity index (χ1v) is 5.01. The molecule has 0 aliphatic carbocycles. The van der Waals surface area contributed by atoms with E-state index in [0.29, 0.717) is 4.47 Å². The highest BCUT2D eigenvalue weighted by Crippen LogP contribution is 2.28. The number of Topliss-reactive ketones (excluding diaryl/α,β-unsaturated/α-hetero) is 1. The summed E-state index contributed by atoms with van der Waals surface area (Å²) in [5.74, 6) is -1.25. The van der Waals surface area contributed by atoms with Crippen LogP contribution in [-0.2, 0) is 0 Å². The Morgan fingerprint density at radius 3 is 2.69 bits per heavy atom. The number of alkyl halides is 1. The molecule has 1 nitrogen and oxygen atoms in total. The molecule has 1 rings (SSSR count). The molecular formula is C8H4BrCl2FO. The van der Waals surface area contributed by atoms with Crippen molar-refractivity contribution in [1.82, 2.24) is 0 Å². The van der Waals surface area contributed by atoms with Crippen LogP contribution in [0.4, 0.5) is 4.39 Å². The highest BCUT2D eigenvalue weighted by Gasteiger charge is 2.16. The van der Waals surface area contributed by atoms with Crippen molar-refractivity contribution in [3.63, 3.8) is 0 Å². The van der Waals surface area contributed by atoms with Crippen molar-refractivity contribution in [2.24, 2.45) is 0 Å². The van der Waals surface area contributed by atoms with E-state index in [1.807, 2.05) is 0 Å². The zero-order valence-corrected chi connectivity index (χ0v) is 9.38. The number of carbonyl (C=O) groups is 1. The predicted octanol–water partition coefficient (Wildman–Crippen LogP) is 3.66. The van der Waals surface area contributed by atoms with Crippen LogP contribution in [0.3, 0.4) is 0 Å². The molecule has 0 N–H and O–H groups in total. The molecule has 0 saturated heterocycles. The Balaban J connectivity index is 3.33. The fourth-order valence-corrected chi connectivity index (χ4v) is 1.92. The fourth-order valence-electron chi connectivity index (χ4n) is 0.849. The minimum atomic E-state index is -0.627. The van der Waals surface area contributed by atoms with Crippen molar-refractivity contribution in [3.8, 4) is 0 Å². The lowest BCUT2D eigenvalue weighted by atomic mass is 10.1. The van der Waals surface area contributed by atoms with Crippen LogP contribution in [0.25, 0.3) is 0 Å². The molecule has 0 aliphatic rings. The van der Waals surface area contributed by atoms with Gasteiger partial charge in [-0.05, 0) is 28.1 Å². The smallest absolute Gasteiger partial charge is 0.180 e. The highest BCUT2D eigenvalue weighted by molar-refractivity contribution is 9.10. The summed E-state index contributed by atoms with van der Waals surface area (Å²) in [6.07, 6.45) is 0. The minimum Gasteiger partial charge on any atom is -0.293 e. The SMILES string of the molecule is O=C(CCl)c1c(Br)ccc(F)c1Cl. The standard InChI is InChI=1S/C8H4BrCl2FO/c9-4-1-2-5(12)8(11)7(4)6(13)3-10/h1-2H,3H2. The number of benzene rings is 1. The first-order valence-electron chi connectivity index (χ1n) is 3.30. The molecule has 1 aromatic rings. The van der Waals surface area contributed by atoms with E-state index >= 15 is 0 Å². The first kappa shape index (κ1) is 11.0. The maximum atomic E-state index is 12.9. The number of halogens is 4. The topological polar surface area (TPSA) is 17.1 Å². The van der Waals surface area contributed by atoms with Crippen molar-refractivity contribution >= 4 is 44.9 Å². The number of carbonyl (C=O) groups excluding carboxylic acids is 1. The van der Waals surface area contributed by atoms with Crippen LogP contribution in [0.2, 0.25) is 5.02 Å². The Kier molecular flexibility index (Phi) is 3.71. The Morgan fingerprint density at radius 1 is 1.54 bits per heavy atom. The van der Waals surface area contributed by atoms with Gasteiger partial charge in [-0.3, -0.25) is 4.79 Å². The summed E-state index contributed by atoms with van der Waals surface area (Å²) in [6, 6.07) is 2.60. The van der Waals surface area contributed by atoms with E-state index in [1.165, 1.54) is 12.1 Å².